The Balaban J connectivity index is 1.49. The first-order chi connectivity index (χ1) is 10.2. The lowest BCUT2D eigenvalue weighted by Gasteiger charge is -2.36. The van der Waals surface area contributed by atoms with Gasteiger partial charge in [0, 0.05) is 44.3 Å². The zero-order chi connectivity index (χ0) is 14.7. The maximum Gasteiger partial charge on any atom is 0.227 e. The predicted molar refractivity (Wildman–Crippen MR) is 84.3 cm³/mol. The van der Waals surface area contributed by atoms with Gasteiger partial charge in [0.05, 0.1) is 5.92 Å². The van der Waals surface area contributed by atoms with Crippen LogP contribution < -0.4 is 5.32 Å². The summed E-state index contributed by atoms with van der Waals surface area (Å²) in [4.78, 5) is 16.8. The second kappa shape index (κ2) is 6.77. The number of hydrogen-bond acceptors (Lipinski definition) is 3. The summed E-state index contributed by atoms with van der Waals surface area (Å²) >= 11 is 6.02. The van der Waals surface area contributed by atoms with Crippen molar-refractivity contribution in [3.05, 3.63) is 34.9 Å². The third kappa shape index (κ3) is 3.76. The Morgan fingerprint density at radius 3 is 2.76 bits per heavy atom. The first kappa shape index (κ1) is 14.8. The van der Waals surface area contributed by atoms with E-state index in [-0.39, 0.29) is 5.92 Å². The summed E-state index contributed by atoms with van der Waals surface area (Å²) in [6, 6.07) is 8.01. The number of benzene rings is 1. The first-order valence-electron chi connectivity index (χ1n) is 7.69. The number of amides is 1. The van der Waals surface area contributed by atoms with Crippen LogP contribution in [0.4, 0.5) is 0 Å². The van der Waals surface area contributed by atoms with Crippen molar-refractivity contribution in [3.8, 4) is 0 Å². The molecule has 0 aliphatic carbocycles. The normalized spacial score (nSPS) is 23.5. The fraction of sp³-hybridized carbons (Fsp3) is 0.562. The summed E-state index contributed by atoms with van der Waals surface area (Å²) in [5.74, 6) is 0.534. The lowest BCUT2D eigenvalue weighted by atomic mass is 10.1. The number of carbonyl (C=O) groups is 1. The van der Waals surface area contributed by atoms with Crippen molar-refractivity contribution in [2.75, 3.05) is 39.3 Å². The van der Waals surface area contributed by atoms with Gasteiger partial charge in [-0.15, -0.1) is 0 Å². The summed E-state index contributed by atoms with van der Waals surface area (Å²) in [5.41, 5.74) is 1.24. The van der Waals surface area contributed by atoms with Gasteiger partial charge in [-0.3, -0.25) is 9.69 Å². The van der Waals surface area contributed by atoms with E-state index in [1.807, 2.05) is 23.1 Å². The number of nitrogens with one attached hydrogen (secondary N) is 1. The Bertz CT molecular complexity index is 494. The molecule has 2 aliphatic heterocycles. The van der Waals surface area contributed by atoms with Gasteiger partial charge >= 0.3 is 0 Å². The van der Waals surface area contributed by atoms with Crippen molar-refractivity contribution in [1.82, 2.24) is 15.1 Å². The molecule has 0 bridgehead atoms. The van der Waals surface area contributed by atoms with Crippen LogP contribution in [0.3, 0.4) is 0 Å². The maximum atomic E-state index is 12.4. The molecule has 3 rings (SSSR count). The molecule has 0 spiro atoms. The van der Waals surface area contributed by atoms with E-state index in [0.29, 0.717) is 5.91 Å². The van der Waals surface area contributed by atoms with Crippen molar-refractivity contribution in [2.24, 2.45) is 5.92 Å². The summed E-state index contributed by atoms with van der Waals surface area (Å²) in [6.07, 6.45) is 0.988. The highest BCUT2D eigenvalue weighted by molar-refractivity contribution is 6.30. The van der Waals surface area contributed by atoms with Crippen LogP contribution >= 0.6 is 11.6 Å². The molecule has 2 aliphatic rings. The minimum Gasteiger partial charge on any atom is -0.340 e. The third-order valence-corrected chi connectivity index (χ3v) is 4.62. The van der Waals surface area contributed by atoms with Crippen LogP contribution in [-0.2, 0) is 11.3 Å². The molecule has 1 atom stereocenters. The Morgan fingerprint density at radius 1 is 1.29 bits per heavy atom. The van der Waals surface area contributed by atoms with Gasteiger partial charge in [-0.1, -0.05) is 23.7 Å². The van der Waals surface area contributed by atoms with Gasteiger partial charge in [0.1, 0.15) is 0 Å². The fourth-order valence-corrected chi connectivity index (χ4v) is 3.36. The molecule has 2 saturated heterocycles. The van der Waals surface area contributed by atoms with Gasteiger partial charge in [-0.25, -0.2) is 0 Å². The molecule has 4 nitrogen and oxygen atoms in total. The van der Waals surface area contributed by atoms with Gasteiger partial charge in [0.2, 0.25) is 5.91 Å². The van der Waals surface area contributed by atoms with E-state index in [1.54, 1.807) is 0 Å². The quantitative estimate of drug-likeness (QED) is 0.921. The minimum atomic E-state index is 0.199. The lowest BCUT2D eigenvalue weighted by molar-refractivity contribution is -0.136. The van der Waals surface area contributed by atoms with Crippen LogP contribution in [0.15, 0.2) is 24.3 Å². The van der Waals surface area contributed by atoms with Crippen LogP contribution in [0.5, 0.6) is 0 Å². The molecule has 0 aromatic heterocycles. The second-order valence-corrected chi connectivity index (χ2v) is 6.36. The van der Waals surface area contributed by atoms with Crippen molar-refractivity contribution < 1.29 is 4.79 Å². The Hall–Kier alpha value is -1.10. The SMILES string of the molecule is O=C(C1CCNC1)N1CCN(Cc2cccc(Cl)c2)CC1. The van der Waals surface area contributed by atoms with Gasteiger partial charge in [-0.2, -0.15) is 0 Å². The number of rotatable bonds is 3. The molecule has 1 N–H and O–H groups in total. The molecule has 5 heteroatoms. The summed E-state index contributed by atoms with van der Waals surface area (Å²) in [6.45, 7) is 6.31. The molecule has 2 heterocycles. The van der Waals surface area contributed by atoms with E-state index in [2.05, 4.69) is 16.3 Å². The fourth-order valence-electron chi connectivity index (χ4n) is 3.14. The summed E-state index contributed by atoms with van der Waals surface area (Å²) in [7, 11) is 0. The molecule has 114 valence electrons. The molecular formula is C16H22ClN3O. The van der Waals surface area contributed by atoms with E-state index >= 15 is 0 Å². The molecule has 1 unspecified atom stereocenters. The van der Waals surface area contributed by atoms with Crippen LogP contribution in [0.25, 0.3) is 0 Å². The van der Waals surface area contributed by atoms with E-state index in [1.165, 1.54) is 5.56 Å². The van der Waals surface area contributed by atoms with Gasteiger partial charge in [0.25, 0.3) is 0 Å². The smallest absolute Gasteiger partial charge is 0.227 e. The zero-order valence-electron chi connectivity index (χ0n) is 12.2. The minimum absolute atomic E-state index is 0.199. The van der Waals surface area contributed by atoms with Crippen LogP contribution in [0.2, 0.25) is 5.02 Å². The van der Waals surface area contributed by atoms with Crippen molar-refractivity contribution >= 4 is 17.5 Å². The van der Waals surface area contributed by atoms with E-state index in [4.69, 9.17) is 11.6 Å². The van der Waals surface area contributed by atoms with E-state index in [9.17, 15) is 4.79 Å². The van der Waals surface area contributed by atoms with E-state index in [0.717, 1.165) is 57.3 Å². The molecule has 0 radical (unpaired) electrons. The first-order valence-corrected chi connectivity index (χ1v) is 8.06. The molecule has 2 fully saturated rings. The third-order valence-electron chi connectivity index (χ3n) is 4.39. The highest BCUT2D eigenvalue weighted by Crippen LogP contribution is 2.16. The molecule has 1 amide bonds. The van der Waals surface area contributed by atoms with Gasteiger partial charge < -0.3 is 10.2 Å². The molecule has 0 saturated carbocycles. The number of carbonyl (C=O) groups excluding carboxylic acids is 1. The molecule has 1 aromatic rings. The average molecular weight is 308 g/mol. The largest absolute Gasteiger partial charge is 0.340 e. The monoisotopic (exact) mass is 307 g/mol. The maximum absolute atomic E-state index is 12.4. The highest BCUT2D eigenvalue weighted by Gasteiger charge is 2.29. The number of nitrogens with zero attached hydrogens (tertiary/aromatic N) is 2. The van der Waals surface area contributed by atoms with Crippen molar-refractivity contribution in [2.45, 2.75) is 13.0 Å². The van der Waals surface area contributed by atoms with Crippen molar-refractivity contribution in [3.63, 3.8) is 0 Å². The molecule has 1 aromatic carbocycles. The molecular weight excluding hydrogens is 286 g/mol. The predicted octanol–water partition coefficient (Wildman–Crippen LogP) is 1.59. The highest BCUT2D eigenvalue weighted by atomic mass is 35.5. The van der Waals surface area contributed by atoms with Gasteiger partial charge in [-0.05, 0) is 30.7 Å². The number of hydrogen-bond donors (Lipinski definition) is 1. The Labute approximate surface area is 131 Å². The van der Waals surface area contributed by atoms with Crippen LogP contribution in [-0.4, -0.2) is 55.0 Å². The lowest BCUT2D eigenvalue weighted by Crippen LogP contribution is -2.50. The standard InChI is InChI=1S/C16H22ClN3O/c17-15-3-1-2-13(10-15)12-19-6-8-20(9-7-19)16(21)14-4-5-18-11-14/h1-3,10,14,18H,4-9,11-12H2. The second-order valence-electron chi connectivity index (χ2n) is 5.92. The number of halogens is 1. The van der Waals surface area contributed by atoms with E-state index < -0.39 is 0 Å². The summed E-state index contributed by atoms with van der Waals surface area (Å²) in [5, 5.41) is 4.06. The van der Waals surface area contributed by atoms with Gasteiger partial charge in [0.15, 0.2) is 0 Å². The van der Waals surface area contributed by atoms with Crippen LogP contribution in [0.1, 0.15) is 12.0 Å². The Morgan fingerprint density at radius 2 is 2.10 bits per heavy atom. The van der Waals surface area contributed by atoms with Crippen LogP contribution in [0, 0.1) is 5.92 Å². The topological polar surface area (TPSA) is 35.6 Å². The molecule has 21 heavy (non-hydrogen) atoms. The zero-order valence-corrected chi connectivity index (χ0v) is 13.0. The average Bonchev–Trinajstić information content (AvgIpc) is 3.01. The van der Waals surface area contributed by atoms with Crippen molar-refractivity contribution in [1.29, 1.82) is 0 Å². The summed E-state index contributed by atoms with van der Waals surface area (Å²) < 4.78 is 0. The number of piperazine rings is 1. The Kier molecular flexibility index (Phi) is 4.78.